The van der Waals surface area contributed by atoms with Gasteiger partial charge in [0, 0.05) is 12.1 Å². The number of nitrogens with one attached hydrogen (secondary N) is 2. The fourth-order valence-corrected chi connectivity index (χ4v) is 1.09. The molecule has 0 aliphatic rings. The van der Waals surface area contributed by atoms with Gasteiger partial charge in [0.1, 0.15) is 11.6 Å². The van der Waals surface area contributed by atoms with Crippen LogP contribution in [0, 0.1) is 12.3 Å². The SMILES string of the molecule is Cc1nc(NC(C)C(C)(C)C)cc(=O)[nH]1. The molecule has 0 amide bonds. The number of H-pyrrole nitrogens is 1. The van der Waals surface area contributed by atoms with E-state index in [0.29, 0.717) is 11.6 Å². The third-order valence-electron chi connectivity index (χ3n) is 2.52. The molecule has 15 heavy (non-hydrogen) atoms. The lowest BCUT2D eigenvalue weighted by Gasteiger charge is -2.28. The molecule has 0 bridgehead atoms. The summed E-state index contributed by atoms with van der Waals surface area (Å²) < 4.78 is 0. The van der Waals surface area contributed by atoms with E-state index in [2.05, 4.69) is 43.0 Å². The Morgan fingerprint density at radius 2 is 2.07 bits per heavy atom. The van der Waals surface area contributed by atoms with Gasteiger partial charge in [0.2, 0.25) is 0 Å². The maximum absolute atomic E-state index is 11.2. The number of rotatable bonds is 2. The quantitative estimate of drug-likeness (QED) is 0.782. The lowest BCUT2D eigenvalue weighted by atomic mass is 9.88. The van der Waals surface area contributed by atoms with Gasteiger partial charge in [0.05, 0.1) is 0 Å². The summed E-state index contributed by atoms with van der Waals surface area (Å²) in [6.45, 7) is 10.3. The van der Waals surface area contributed by atoms with Crippen LogP contribution in [0.3, 0.4) is 0 Å². The summed E-state index contributed by atoms with van der Waals surface area (Å²) in [5, 5.41) is 3.23. The lowest BCUT2D eigenvalue weighted by Crippen LogP contribution is -2.31. The first-order chi connectivity index (χ1) is 6.79. The van der Waals surface area contributed by atoms with E-state index in [4.69, 9.17) is 0 Å². The topological polar surface area (TPSA) is 57.8 Å². The Hall–Kier alpha value is -1.32. The molecule has 1 heterocycles. The summed E-state index contributed by atoms with van der Waals surface area (Å²) in [4.78, 5) is 18.0. The average molecular weight is 209 g/mol. The third kappa shape index (κ3) is 3.38. The third-order valence-corrected chi connectivity index (χ3v) is 2.52. The molecular weight excluding hydrogens is 190 g/mol. The van der Waals surface area contributed by atoms with Crippen molar-refractivity contribution in [2.75, 3.05) is 5.32 Å². The highest BCUT2D eigenvalue weighted by atomic mass is 16.1. The van der Waals surface area contributed by atoms with Gasteiger partial charge < -0.3 is 10.3 Å². The number of aromatic amines is 1. The predicted octanol–water partition coefficient (Wildman–Crippen LogP) is 1.92. The highest BCUT2D eigenvalue weighted by Gasteiger charge is 2.20. The molecule has 84 valence electrons. The van der Waals surface area contributed by atoms with Crippen LogP contribution in [0.25, 0.3) is 0 Å². The minimum Gasteiger partial charge on any atom is -0.367 e. The number of hydrogen-bond donors (Lipinski definition) is 2. The van der Waals surface area contributed by atoms with Gasteiger partial charge in [-0.1, -0.05) is 20.8 Å². The van der Waals surface area contributed by atoms with E-state index in [0.717, 1.165) is 0 Å². The summed E-state index contributed by atoms with van der Waals surface area (Å²) in [5.74, 6) is 1.27. The van der Waals surface area contributed by atoms with Crippen LogP contribution in [0.4, 0.5) is 5.82 Å². The first kappa shape index (κ1) is 11.8. The summed E-state index contributed by atoms with van der Waals surface area (Å²) in [5.41, 5.74) is 0.0177. The number of aryl methyl sites for hydroxylation is 1. The zero-order valence-electron chi connectivity index (χ0n) is 10.0. The van der Waals surface area contributed by atoms with Crippen molar-refractivity contribution in [3.63, 3.8) is 0 Å². The van der Waals surface area contributed by atoms with Crippen molar-refractivity contribution in [2.24, 2.45) is 5.41 Å². The molecule has 2 N–H and O–H groups in total. The first-order valence-electron chi connectivity index (χ1n) is 5.13. The van der Waals surface area contributed by atoms with Crippen LogP contribution >= 0.6 is 0 Å². The molecule has 0 saturated heterocycles. The van der Waals surface area contributed by atoms with Crippen LogP contribution in [-0.2, 0) is 0 Å². The fourth-order valence-electron chi connectivity index (χ4n) is 1.09. The van der Waals surface area contributed by atoms with Crippen molar-refractivity contribution < 1.29 is 0 Å². The standard InChI is InChI=1S/C11H19N3O/c1-7(11(3,4)5)12-9-6-10(15)14-8(2)13-9/h6-7H,1-5H3,(H2,12,13,14,15). The summed E-state index contributed by atoms with van der Waals surface area (Å²) in [6.07, 6.45) is 0. The van der Waals surface area contributed by atoms with Crippen molar-refractivity contribution in [2.45, 2.75) is 40.7 Å². The Bertz CT molecular complexity index is 390. The van der Waals surface area contributed by atoms with Gasteiger partial charge in [-0.25, -0.2) is 4.98 Å². The summed E-state index contributed by atoms with van der Waals surface area (Å²) in [6, 6.07) is 1.74. The number of aromatic nitrogens is 2. The van der Waals surface area contributed by atoms with Gasteiger partial charge >= 0.3 is 0 Å². The van der Waals surface area contributed by atoms with Crippen molar-refractivity contribution in [3.8, 4) is 0 Å². The Morgan fingerprint density at radius 1 is 1.47 bits per heavy atom. The van der Waals surface area contributed by atoms with Crippen molar-refractivity contribution in [1.29, 1.82) is 0 Å². The van der Waals surface area contributed by atoms with Gasteiger partial charge in [0.15, 0.2) is 0 Å². The summed E-state index contributed by atoms with van der Waals surface area (Å²) in [7, 11) is 0. The van der Waals surface area contributed by atoms with Crippen molar-refractivity contribution >= 4 is 5.82 Å². The first-order valence-corrected chi connectivity index (χ1v) is 5.13. The molecule has 1 aromatic rings. The fraction of sp³-hybridized carbons (Fsp3) is 0.636. The molecule has 0 aromatic carbocycles. The largest absolute Gasteiger partial charge is 0.367 e. The molecule has 0 aliphatic carbocycles. The van der Waals surface area contributed by atoms with E-state index in [9.17, 15) is 4.79 Å². The highest BCUT2D eigenvalue weighted by Crippen LogP contribution is 2.21. The smallest absolute Gasteiger partial charge is 0.252 e. The zero-order chi connectivity index (χ0) is 11.6. The second-order valence-electron chi connectivity index (χ2n) is 4.95. The minimum atomic E-state index is -0.119. The van der Waals surface area contributed by atoms with E-state index < -0.39 is 0 Å². The molecule has 0 aliphatic heterocycles. The van der Waals surface area contributed by atoms with Gasteiger partial charge in [-0.15, -0.1) is 0 Å². The van der Waals surface area contributed by atoms with Gasteiger partial charge in [-0.05, 0) is 19.3 Å². The zero-order valence-corrected chi connectivity index (χ0v) is 10.0. The van der Waals surface area contributed by atoms with Gasteiger partial charge in [0.25, 0.3) is 5.56 Å². The van der Waals surface area contributed by atoms with Crippen LogP contribution in [0.5, 0.6) is 0 Å². The van der Waals surface area contributed by atoms with Crippen LogP contribution in [0.1, 0.15) is 33.5 Å². The molecule has 0 saturated carbocycles. The Kier molecular flexibility index (Phi) is 3.17. The van der Waals surface area contributed by atoms with Crippen LogP contribution in [0.15, 0.2) is 10.9 Å². The molecule has 0 spiro atoms. The molecule has 4 nitrogen and oxygen atoms in total. The molecule has 1 aromatic heterocycles. The molecule has 0 radical (unpaired) electrons. The second-order valence-corrected chi connectivity index (χ2v) is 4.95. The molecule has 1 rings (SSSR count). The Balaban J connectivity index is 2.86. The van der Waals surface area contributed by atoms with E-state index in [1.165, 1.54) is 6.07 Å². The van der Waals surface area contributed by atoms with E-state index in [1.54, 1.807) is 6.92 Å². The maximum atomic E-state index is 11.2. The number of nitrogens with zero attached hydrogens (tertiary/aromatic N) is 1. The normalized spacial score (nSPS) is 13.7. The molecule has 1 unspecified atom stereocenters. The molecule has 4 heteroatoms. The molecular formula is C11H19N3O. The molecule has 1 atom stereocenters. The Labute approximate surface area is 90.1 Å². The summed E-state index contributed by atoms with van der Waals surface area (Å²) >= 11 is 0. The van der Waals surface area contributed by atoms with Crippen LogP contribution < -0.4 is 10.9 Å². The van der Waals surface area contributed by atoms with Crippen LogP contribution in [-0.4, -0.2) is 16.0 Å². The second kappa shape index (κ2) is 4.04. The Morgan fingerprint density at radius 3 is 2.53 bits per heavy atom. The predicted molar refractivity (Wildman–Crippen MR) is 62.1 cm³/mol. The van der Waals surface area contributed by atoms with Crippen molar-refractivity contribution in [3.05, 3.63) is 22.2 Å². The lowest BCUT2D eigenvalue weighted by molar-refractivity contribution is 0.358. The van der Waals surface area contributed by atoms with E-state index in [1.807, 2.05) is 0 Å². The van der Waals surface area contributed by atoms with Gasteiger partial charge in [-0.3, -0.25) is 4.79 Å². The van der Waals surface area contributed by atoms with Crippen LogP contribution in [0.2, 0.25) is 0 Å². The molecule has 0 fully saturated rings. The van der Waals surface area contributed by atoms with E-state index in [-0.39, 0.29) is 17.0 Å². The van der Waals surface area contributed by atoms with Gasteiger partial charge in [-0.2, -0.15) is 0 Å². The highest BCUT2D eigenvalue weighted by molar-refractivity contribution is 5.34. The maximum Gasteiger partial charge on any atom is 0.252 e. The monoisotopic (exact) mass is 209 g/mol. The minimum absolute atomic E-state index is 0.119. The van der Waals surface area contributed by atoms with Crippen molar-refractivity contribution in [1.82, 2.24) is 9.97 Å². The number of anilines is 1. The van der Waals surface area contributed by atoms with E-state index >= 15 is 0 Å². The average Bonchev–Trinajstić information content (AvgIpc) is 1.99. The number of hydrogen-bond acceptors (Lipinski definition) is 3.